The number of nitrogen functional groups attached to an aromatic ring is 1. The number of benzene rings is 2. The molecular formula is C21H15BrF3N5O2S. The average molecular weight is 538 g/mol. The van der Waals surface area contributed by atoms with Gasteiger partial charge in [-0.15, -0.1) is 0 Å². The molecule has 3 heterocycles. The van der Waals surface area contributed by atoms with Crippen molar-refractivity contribution in [1.82, 2.24) is 19.5 Å². The molecule has 33 heavy (non-hydrogen) atoms. The van der Waals surface area contributed by atoms with Crippen molar-refractivity contribution in [2.24, 2.45) is 0 Å². The highest BCUT2D eigenvalue weighted by Crippen LogP contribution is 2.43. The zero-order valence-corrected chi connectivity index (χ0v) is 19.2. The van der Waals surface area contributed by atoms with Crippen molar-refractivity contribution in [3.63, 3.8) is 0 Å². The summed E-state index contributed by atoms with van der Waals surface area (Å²) in [6.45, 7) is 0.496. The van der Waals surface area contributed by atoms with Gasteiger partial charge in [0.1, 0.15) is 6.33 Å². The van der Waals surface area contributed by atoms with Crippen LogP contribution < -0.4 is 15.2 Å². The van der Waals surface area contributed by atoms with Gasteiger partial charge in [-0.2, -0.15) is 13.2 Å². The van der Waals surface area contributed by atoms with Crippen molar-refractivity contribution in [1.29, 1.82) is 0 Å². The number of hydrogen-bond donors (Lipinski definition) is 1. The largest absolute Gasteiger partial charge is 0.454 e. The molecule has 0 saturated heterocycles. The van der Waals surface area contributed by atoms with Gasteiger partial charge in [-0.3, -0.25) is 0 Å². The van der Waals surface area contributed by atoms with E-state index in [1.165, 1.54) is 24.2 Å². The molecule has 0 saturated carbocycles. The van der Waals surface area contributed by atoms with Crippen molar-refractivity contribution in [3.05, 3.63) is 58.3 Å². The minimum absolute atomic E-state index is 0.150. The lowest BCUT2D eigenvalue weighted by Gasteiger charge is -2.11. The first-order valence-electron chi connectivity index (χ1n) is 9.69. The second-order valence-corrected chi connectivity index (χ2v) is 9.03. The molecule has 5 rings (SSSR count). The Labute approximate surface area is 198 Å². The second-order valence-electron chi connectivity index (χ2n) is 7.16. The molecule has 0 amide bonds. The first-order chi connectivity index (χ1) is 15.8. The minimum Gasteiger partial charge on any atom is -0.454 e. The summed E-state index contributed by atoms with van der Waals surface area (Å²) in [5, 5.41) is 0.573. The zero-order chi connectivity index (χ0) is 23.2. The van der Waals surface area contributed by atoms with E-state index in [9.17, 15) is 13.2 Å². The number of aryl methyl sites for hydroxylation is 2. The summed E-state index contributed by atoms with van der Waals surface area (Å²) in [6.07, 6.45) is -2.72. The Bertz CT molecular complexity index is 1360. The van der Waals surface area contributed by atoms with E-state index >= 15 is 0 Å². The Morgan fingerprint density at radius 3 is 2.70 bits per heavy atom. The maximum Gasteiger partial charge on any atom is 0.416 e. The molecule has 0 fully saturated rings. The van der Waals surface area contributed by atoms with Gasteiger partial charge < -0.3 is 19.8 Å². The highest BCUT2D eigenvalue weighted by Gasteiger charge is 2.30. The maximum atomic E-state index is 13.1. The number of fused-ring (bicyclic) bond motifs is 2. The van der Waals surface area contributed by atoms with Crippen LogP contribution in [-0.4, -0.2) is 26.3 Å². The molecule has 1 aliphatic rings. The molecule has 2 N–H and O–H groups in total. The highest BCUT2D eigenvalue weighted by molar-refractivity contribution is 9.10. The molecule has 2 aromatic carbocycles. The smallest absolute Gasteiger partial charge is 0.416 e. The SMILES string of the molecule is Nc1ncnc2c1nc(Sc1cc3c(cc1Br)OCO3)n2CCc1cccc(C(F)(F)F)c1. The van der Waals surface area contributed by atoms with E-state index in [-0.39, 0.29) is 12.6 Å². The van der Waals surface area contributed by atoms with Gasteiger partial charge in [0.2, 0.25) is 6.79 Å². The van der Waals surface area contributed by atoms with Crippen LogP contribution >= 0.6 is 27.7 Å². The third-order valence-corrected chi connectivity index (χ3v) is 7.00. The second kappa shape index (κ2) is 8.41. The van der Waals surface area contributed by atoms with Gasteiger partial charge in [0.25, 0.3) is 0 Å². The van der Waals surface area contributed by atoms with Crippen LogP contribution in [-0.2, 0) is 19.1 Å². The van der Waals surface area contributed by atoms with Crippen molar-refractivity contribution in [2.75, 3.05) is 12.5 Å². The molecule has 0 radical (unpaired) electrons. The van der Waals surface area contributed by atoms with Gasteiger partial charge in [-0.1, -0.05) is 30.0 Å². The van der Waals surface area contributed by atoms with Crippen LogP contribution in [0.2, 0.25) is 0 Å². The molecule has 2 aromatic heterocycles. The standard InChI is InChI=1S/C21H15BrF3N5O2S/c22-13-7-14-15(32-10-31-14)8-16(13)33-20-29-17-18(26)27-9-28-19(17)30(20)5-4-11-2-1-3-12(6-11)21(23,24)25/h1-3,6-9H,4-5,10H2,(H2,26,27,28). The molecule has 0 spiro atoms. The van der Waals surface area contributed by atoms with Crippen LogP contribution in [0.3, 0.4) is 0 Å². The zero-order valence-electron chi connectivity index (χ0n) is 16.8. The molecule has 12 heteroatoms. The van der Waals surface area contributed by atoms with E-state index in [4.69, 9.17) is 15.2 Å². The van der Waals surface area contributed by atoms with Crippen molar-refractivity contribution in [2.45, 2.75) is 29.2 Å². The molecule has 7 nitrogen and oxygen atoms in total. The van der Waals surface area contributed by atoms with E-state index in [1.807, 2.05) is 16.7 Å². The fraction of sp³-hybridized carbons (Fsp3) is 0.190. The van der Waals surface area contributed by atoms with Crippen LogP contribution in [0.4, 0.5) is 19.0 Å². The van der Waals surface area contributed by atoms with E-state index in [0.717, 1.165) is 21.5 Å². The van der Waals surface area contributed by atoms with Gasteiger partial charge in [0, 0.05) is 15.9 Å². The Kier molecular flexibility index (Phi) is 5.57. The number of nitrogens with two attached hydrogens (primary N) is 1. The normalized spacial score (nSPS) is 13.1. The van der Waals surface area contributed by atoms with Gasteiger partial charge >= 0.3 is 6.18 Å². The van der Waals surface area contributed by atoms with E-state index in [1.54, 1.807) is 6.07 Å². The number of alkyl halides is 3. The predicted octanol–water partition coefficient (Wildman–Crippen LogP) is 5.31. The number of halogens is 4. The van der Waals surface area contributed by atoms with Gasteiger partial charge in [-0.05, 0) is 46.1 Å². The van der Waals surface area contributed by atoms with E-state index in [2.05, 4.69) is 30.9 Å². The number of nitrogens with zero attached hydrogens (tertiary/aromatic N) is 4. The number of hydrogen-bond acceptors (Lipinski definition) is 7. The van der Waals surface area contributed by atoms with Crippen LogP contribution in [0.1, 0.15) is 11.1 Å². The lowest BCUT2D eigenvalue weighted by molar-refractivity contribution is -0.137. The third-order valence-electron chi connectivity index (χ3n) is 5.03. The topological polar surface area (TPSA) is 88.1 Å². The first kappa shape index (κ1) is 21.8. The Balaban J connectivity index is 1.50. The summed E-state index contributed by atoms with van der Waals surface area (Å²) in [6, 6.07) is 8.94. The summed E-state index contributed by atoms with van der Waals surface area (Å²) >= 11 is 4.89. The highest BCUT2D eigenvalue weighted by atomic mass is 79.9. The minimum atomic E-state index is -4.40. The lowest BCUT2D eigenvalue weighted by Crippen LogP contribution is -2.07. The summed E-state index contributed by atoms with van der Waals surface area (Å²) in [5.41, 5.74) is 6.81. The van der Waals surface area contributed by atoms with Gasteiger partial charge in [-0.25, -0.2) is 15.0 Å². The molecule has 1 aliphatic heterocycles. The number of rotatable bonds is 5. The summed E-state index contributed by atoms with van der Waals surface area (Å²) in [4.78, 5) is 13.7. The van der Waals surface area contributed by atoms with E-state index in [0.29, 0.717) is 46.3 Å². The Hall–Kier alpha value is -2.99. The van der Waals surface area contributed by atoms with Gasteiger partial charge in [0.15, 0.2) is 33.6 Å². The quantitative estimate of drug-likeness (QED) is 0.369. The summed E-state index contributed by atoms with van der Waals surface area (Å²) in [5.74, 6) is 1.48. The van der Waals surface area contributed by atoms with E-state index < -0.39 is 11.7 Å². The predicted molar refractivity (Wildman–Crippen MR) is 119 cm³/mol. The lowest BCUT2D eigenvalue weighted by atomic mass is 10.1. The fourth-order valence-electron chi connectivity index (χ4n) is 3.43. The average Bonchev–Trinajstić information content (AvgIpc) is 3.37. The fourth-order valence-corrected chi connectivity index (χ4v) is 4.94. The van der Waals surface area contributed by atoms with Crippen LogP contribution in [0.25, 0.3) is 11.2 Å². The third kappa shape index (κ3) is 4.32. The summed E-state index contributed by atoms with van der Waals surface area (Å²) < 4.78 is 52.8. The molecule has 0 bridgehead atoms. The monoisotopic (exact) mass is 537 g/mol. The molecule has 170 valence electrons. The molecule has 0 unspecified atom stereocenters. The van der Waals surface area contributed by atoms with Crippen molar-refractivity contribution in [3.8, 4) is 11.5 Å². The number of imidazole rings is 1. The van der Waals surface area contributed by atoms with Gasteiger partial charge in [0.05, 0.1) is 5.56 Å². The number of aromatic nitrogens is 4. The van der Waals surface area contributed by atoms with Crippen LogP contribution in [0.15, 0.2) is 57.3 Å². The number of anilines is 1. The molecular weight excluding hydrogens is 523 g/mol. The van der Waals surface area contributed by atoms with Crippen LogP contribution in [0, 0.1) is 0 Å². The Morgan fingerprint density at radius 1 is 1.12 bits per heavy atom. The van der Waals surface area contributed by atoms with Crippen molar-refractivity contribution < 1.29 is 22.6 Å². The molecule has 4 aromatic rings. The number of ether oxygens (including phenoxy) is 2. The molecule has 0 aliphatic carbocycles. The molecule has 0 atom stereocenters. The maximum absolute atomic E-state index is 13.1. The van der Waals surface area contributed by atoms with Crippen LogP contribution in [0.5, 0.6) is 11.5 Å². The van der Waals surface area contributed by atoms with Crippen molar-refractivity contribution >= 4 is 44.7 Å². The Morgan fingerprint density at radius 2 is 1.91 bits per heavy atom. The summed E-state index contributed by atoms with van der Waals surface area (Å²) in [7, 11) is 0. The first-order valence-corrected chi connectivity index (χ1v) is 11.3.